The van der Waals surface area contributed by atoms with Crippen LogP contribution in [0.1, 0.15) is 39.2 Å². The van der Waals surface area contributed by atoms with E-state index in [4.69, 9.17) is 4.74 Å². The second kappa shape index (κ2) is 8.98. The maximum Gasteiger partial charge on any atom is 0.119 e. The monoisotopic (exact) mass is 263 g/mol. The lowest BCUT2D eigenvalue weighted by Crippen LogP contribution is -2.29. The molecule has 0 amide bonds. The molecule has 108 valence electrons. The molecule has 0 bridgehead atoms. The first-order chi connectivity index (χ1) is 9.24. The molecule has 0 heterocycles. The molecule has 0 saturated carbocycles. The van der Waals surface area contributed by atoms with Gasteiger partial charge in [-0.2, -0.15) is 0 Å². The SMILES string of the molecule is CCNCC(Cc1cccc(OC)c1)C(CC)CC. The fourth-order valence-electron chi connectivity index (χ4n) is 2.79. The van der Waals surface area contributed by atoms with Crippen LogP contribution in [0.25, 0.3) is 0 Å². The van der Waals surface area contributed by atoms with Crippen LogP contribution in [-0.2, 0) is 6.42 Å². The van der Waals surface area contributed by atoms with E-state index in [0.717, 1.165) is 31.2 Å². The van der Waals surface area contributed by atoms with Crippen molar-refractivity contribution in [1.29, 1.82) is 0 Å². The van der Waals surface area contributed by atoms with E-state index in [1.165, 1.54) is 18.4 Å². The third-order valence-electron chi connectivity index (χ3n) is 4.00. The molecular weight excluding hydrogens is 234 g/mol. The summed E-state index contributed by atoms with van der Waals surface area (Å²) in [5.41, 5.74) is 1.38. The Balaban J connectivity index is 2.74. The van der Waals surface area contributed by atoms with Crippen molar-refractivity contribution in [2.24, 2.45) is 11.8 Å². The van der Waals surface area contributed by atoms with Gasteiger partial charge >= 0.3 is 0 Å². The minimum atomic E-state index is 0.710. The van der Waals surface area contributed by atoms with Crippen LogP contribution in [0.2, 0.25) is 0 Å². The van der Waals surface area contributed by atoms with Gasteiger partial charge in [-0.15, -0.1) is 0 Å². The highest BCUT2D eigenvalue weighted by molar-refractivity contribution is 5.28. The molecule has 1 atom stereocenters. The van der Waals surface area contributed by atoms with Crippen LogP contribution in [-0.4, -0.2) is 20.2 Å². The van der Waals surface area contributed by atoms with Gasteiger partial charge in [0, 0.05) is 0 Å². The number of rotatable bonds is 9. The van der Waals surface area contributed by atoms with E-state index in [1.807, 2.05) is 6.07 Å². The fourth-order valence-corrected chi connectivity index (χ4v) is 2.79. The molecule has 1 N–H and O–H groups in total. The van der Waals surface area contributed by atoms with Crippen LogP contribution in [0, 0.1) is 11.8 Å². The Hall–Kier alpha value is -1.02. The minimum absolute atomic E-state index is 0.710. The van der Waals surface area contributed by atoms with Crippen molar-refractivity contribution in [1.82, 2.24) is 5.32 Å². The van der Waals surface area contributed by atoms with Crippen molar-refractivity contribution in [2.45, 2.75) is 40.0 Å². The van der Waals surface area contributed by atoms with Gasteiger partial charge in [0.1, 0.15) is 5.75 Å². The van der Waals surface area contributed by atoms with E-state index in [9.17, 15) is 0 Å². The lowest BCUT2D eigenvalue weighted by atomic mass is 9.83. The molecule has 0 radical (unpaired) electrons. The maximum atomic E-state index is 5.32. The molecule has 1 aromatic rings. The Morgan fingerprint density at radius 2 is 1.84 bits per heavy atom. The third-order valence-corrected chi connectivity index (χ3v) is 4.00. The summed E-state index contributed by atoms with van der Waals surface area (Å²) in [5, 5.41) is 3.52. The van der Waals surface area contributed by atoms with Crippen molar-refractivity contribution in [2.75, 3.05) is 20.2 Å². The largest absolute Gasteiger partial charge is 0.497 e. The first-order valence-electron chi connectivity index (χ1n) is 7.58. The van der Waals surface area contributed by atoms with Gasteiger partial charge in [0.2, 0.25) is 0 Å². The number of nitrogens with one attached hydrogen (secondary N) is 1. The highest BCUT2D eigenvalue weighted by atomic mass is 16.5. The summed E-state index contributed by atoms with van der Waals surface area (Å²) in [6.45, 7) is 8.95. The van der Waals surface area contributed by atoms with Crippen molar-refractivity contribution in [3.05, 3.63) is 29.8 Å². The highest BCUT2D eigenvalue weighted by Crippen LogP contribution is 2.24. The third kappa shape index (κ3) is 5.23. The maximum absolute atomic E-state index is 5.32. The quantitative estimate of drug-likeness (QED) is 0.729. The summed E-state index contributed by atoms with van der Waals surface area (Å²) < 4.78 is 5.32. The smallest absolute Gasteiger partial charge is 0.119 e. The average molecular weight is 263 g/mol. The van der Waals surface area contributed by atoms with Gasteiger partial charge in [0.25, 0.3) is 0 Å². The molecule has 19 heavy (non-hydrogen) atoms. The summed E-state index contributed by atoms with van der Waals surface area (Å²) in [4.78, 5) is 0. The Kier molecular flexibility index (Phi) is 7.57. The molecule has 0 aromatic heterocycles. The molecule has 2 nitrogen and oxygen atoms in total. The molecular formula is C17H29NO. The van der Waals surface area contributed by atoms with E-state index in [-0.39, 0.29) is 0 Å². The van der Waals surface area contributed by atoms with Crippen LogP contribution in [0.15, 0.2) is 24.3 Å². The van der Waals surface area contributed by atoms with Crippen LogP contribution >= 0.6 is 0 Å². The van der Waals surface area contributed by atoms with E-state index in [2.05, 4.69) is 44.3 Å². The molecule has 1 rings (SSSR count). The molecule has 0 aliphatic rings. The zero-order chi connectivity index (χ0) is 14.1. The second-order valence-corrected chi connectivity index (χ2v) is 5.20. The van der Waals surface area contributed by atoms with Gasteiger partial charge in [-0.3, -0.25) is 0 Å². The highest BCUT2D eigenvalue weighted by Gasteiger charge is 2.18. The summed E-state index contributed by atoms with van der Waals surface area (Å²) in [5.74, 6) is 2.47. The van der Waals surface area contributed by atoms with E-state index in [1.54, 1.807) is 7.11 Å². The molecule has 2 heteroatoms. The van der Waals surface area contributed by atoms with E-state index >= 15 is 0 Å². The fraction of sp³-hybridized carbons (Fsp3) is 0.647. The van der Waals surface area contributed by atoms with Gasteiger partial charge < -0.3 is 10.1 Å². The molecule has 1 unspecified atom stereocenters. The number of hydrogen-bond acceptors (Lipinski definition) is 2. The molecule has 0 aliphatic heterocycles. The van der Waals surface area contributed by atoms with Crippen molar-refractivity contribution >= 4 is 0 Å². The molecule has 0 aliphatic carbocycles. The normalized spacial score (nSPS) is 12.7. The standard InChI is InChI=1S/C17H29NO/c1-5-15(6-2)16(13-18-7-3)11-14-9-8-10-17(12-14)19-4/h8-10,12,15-16,18H,5-7,11,13H2,1-4H3. The lowest BCUT2D eigenvalue weighted by molar-refractivity contribution is 0.299. The summed E-state index contributed by atoms with van der Waals surface area (Å²) in [6.07, 6.45) is 3.66. The van der Waals surface area contributed by atoms with Crippen LogP contribution in [0.3, 0.4) is 0 Å². The summed E-state index contributed by atoms with van der Waals surface area (Å²) in [6, 6.07) is 8.48. The van der Waals surface area contributed by atoms with Crippen molar-refractivity contribution in [3.63, 3.8) is 0 Å². The molecule has 0 fully saturated rings. The van der Waals surface area contributed by atoms with E-state index < -0.39 is 0 Å². The van der Waals surface area contributed by atoms with Gasteiger partial charge in [0.15, 0.2) is 0 Å². The Morgan fingerprint density at radius 1 is 1.11 bits per heavy atom. The minimum Gasteiger partial charge on any atom is -0.497 e. The Morgan fingerprint density at radius 3 is 2.42 bits per heavy atom. The number of methoxy groups -OCH3 is 1. The van der Waals surface area contributed by atoms with Crippen LogP contribution < -0.4 is 10.1 Å². The number of hydrogen-bond donors (Lipinski definition) is 1. The number of ether oxygens (including phenoxy) is 1. The van der Waals surface area contributed by atoms with Crippen molar-refractivity contribution < 1.29 is 4.74 Å². The van der Waals surface area contributed by atoms with Gasteiger partial charge in [0.05, 0.1) is 7.11 Å². The van der Waals surface area contributed by atoms with Crippen LogP contribution in [0.5, 0.6) is 5.75 Å². The topological polar surface area (TPSA) is 21.3 Å². The zero-order valence-electron chi connectivity index (χ0n) is 12.9. The summed E-state index contributed by atoms with van der Waals surface area (Å²) >= 11 is 0. The predicted octanol–water partition coefficient (Wildman–Crippen LogP) is 3.90. The Labute approximate surface area is 118 Å². The van der Waals surface area contributed by atoms with Crippen molar-refractivity contribution in [3.8, 4) is 5.75 Å². The average Bonchev–Trinajstić information content (AvgIpc) is 2.46. The first kappa shape index (κ1) is 16.0. The van der Waals surface area contributed by atoms with Gasteiger partial charge in [-0.25, -0.2) is 0 Å². The second-order valence-electron chi connectivity index (χ2n) is 5.20. The van der Waals surface area contributed by atoms with Gasteiger partial charge in [-0.05, 0) is 49.0 Å². The molecule has 0 spiro atoms. The predicted molar refractivity (Wildman–Crippen MR) is 82.8 cm³/mol. The van der Waals surface area contributed by atoms with Gasteiger partial charge in [-0.1, -0.05) is 45.7 Å². The number of benzene rings is 1. The first-order valence-corrected chi connectivity index (χ1v) is 7.58. The zero-order valence-corrected chi connectivity index (χ0v) is 12.9. The van der Waals surface area contributed by atoms with Crippen LogP contribution in [0.4, 0.5) is 0 Å². The summed E-state index contributed by atoms with van der Waals surface area (Å²) in [7, 11) is 1.73. The lowest BCUT2D eigenvalue weighted by Gasteiger charge is -2.26. The molecule has 0 saturated heterocycles. The Bertz CT molecular complexity index is 347. The van der Waals surface area contributed by atoms with E-state index in [0.29, 0.717) is 5.92 Å². The molecule has 1 aromatic carbocycles.